The van der Waals surface area contributed by atoms with Crippen LogP contribution in [0.25, 0.3) is 0 Å². The first-order valence-corrected chi connectivity index (χ1v) is 9.36. The second kappa shape index (κ2) is 8.62. The molecule has 1 fully saturated rings. The standard InChI is InChI=1S/C20H27FN2O3/c1-13(2)19-10-15(6-7-25-19)20(24)22-12-18-11-17(23-26-18)9-14-4-3-5-16(21)8-14/h3-5,8,13,15,18-19H,6-7,9-12H2,1-2H3,(H,22,24). The van der Waals surface area contributed by atoms with Crippen LogP contribution in [0, 0.1) is 17.7 Å². The van der Waals surface area contributed by atoms with Gasteiger partial charge in [0.05, 0.1) is 18.4 Å². The summed E-state index contributed by atoms with van der Waals surface area (Å²) in [5.41, 5.74) is 1.75. The first kappa shape index (κ1) is 18.8. The Bertz CT molecular complexity index is 662. The number of halogens is 1. The first-order chi connectivity index (χ1) is 12.5. The molecule has 1 aromatic carbocycles. The van der Waals surface area contributed by atoms with Gasteiger partial charge in [0.15, 0.2) is 0 Å². The smallest absolute Gasteiger partial charge is 0.223 e. The van der Waals surface area contributed by atoms with Gasteiger partial charge in [-0.15, -0.1) is 0 Å². The predicted molar refractivity (Wildman–Crippen MR) is 97.3 cm³/mol. The Morgan fingerprint density at radius 1 is 1.42 bits per heavy atom. The van der Waals surface area contributed by atoms with E-state index >= 15 is 0 Å². The molecule has 0 aromatic heterocycles. The maximum absolute atomic E-state index is 13.3. The largest absolute Gasteiger partial charge is 0.390 e. The van der Waals surface area contributed by atoms with Gasteiger partial charge in [0.2, 0.25) is 5.91 Å². The maximum Gasteiger partial charge on any atom is 0.223 e. The number of carbonyl (C=O) groups excluding carboxylic acids is 1. The molecule has 1 N–H and O–H groups in total. The van der Waals surface area contributed by atoms with Crippen molar-refractivity contribution in [2.75, 3.05) is 13.2 Å². The summed E-state index contributed by atoms with van der Waals surface area (Å²) in [6, 6.07) is 6.50. The summed E-state index contributed by atoms with van der Waals surface area (Å²) in [6.45, 7) is 5.32. The van der Waals surface area contributed by atoms with E-state index in [1.807, 2.05) is 6.07 Å². The topological polar surface area (TPSA) is 59.9 Å². The molecule has 3 rings (SSSR count). The summed E-state index contributed by atoms with van der Waals surface area (Å²) >= 11 is 0. The minimum Gasteiger partial charge on any atom is -0.390 e. The van der Waals surface area contributed by atoms with E-state index in [1.165, 1.54) is 12.1 Å². The molecule has 3 atom stereocenters. The van der Waals surface area contributed by atoms with Gasteiger partial charge in [0.1, 0.15) is 11.9 Å². The van der Waals surface area contributed by atoms with Gasteiger partial charge in [-0.3, -0.25) is 4.79 Å². The van der Waals surface area contributed by atoms with Crippen molar-refractivity contribution in [2.45, 2.75) is 51.7 Å². The molecule has 1 saturated heterocycles. The third-order valence-corrected chi connectivity index (χ3v) is 5.02. The van der Waals surface area contributed by atoms with Crippen LogP contribution in [0.15, 0.2) is 29.4 Å². The number of hydrogen-bond acceptors (Lipinski definition) is 4. The summed E-state index contributed by atoms with van der Waals surface area (Å²) in [6.07, 6.45) is 2.77. The molecule has 0 aliphatic carbocycles. The summed E-state index contributed by atoms with van der Waals surface area (Å²) in [4.78, 5) is 17.9. The Labute approximate surface area is 153 Å². The number of hydrogen-bond donors (Lipinski definition) is 1. The van der Waals surface area contributed by atoms with Gasteiger partial charge in [-0.25, -0.2) is 4.39 Å². The van der Waals surface area contributed by atoms with Crippen molar-refractivity contribution in [2.24, 2.45) is 17.0 Å². The zero-order chi connectivity index (χ0) is 18.5. The van der Waals surface area contributed by atoms with Crippen molar-refractivity contribution in [1.82, 2.24) is 5.32 Å². The van der Waals surface area contributed by atoms with E-state index in [0.717, 1.165) is 24.1 Å². The third-order valence-electron chi connectivity index (χ3n) is 5.02. The number of oxime groups is 1. The fraction of sp³-hybridized carbons (Fsp3) is 0.600. The molecule has 0 saturated carbocycles. The number of rotatable bonds is 6. The predicted octanol–water partition coefficient (Wildman–Crippen LogP) is 3.08. The molecule has 0 spiro atoms. The molecule has 2 heterocycles. The lowest BCUT2D eigenvalue weighted by molar-refractivity contribution is -0.131. The maximum atomic E-state index is 13.3. The van der Waals surface area contributed by atoms with Crippen LogP contribution in [0.3, 0.4) is 0 Å². The molecule has 0 bridgehead atoms. The number of benzene rings is 1. The fourth-order valence-corrected chi connectivity index (χ4v) is 3.47. The average Bonchev–Trinajstić information content (AvgIpc) is 3.07. The Morgan fingerprint density at radius 3 is 3.04 bits per heavy atom. The lowest BCUT2D eigenvalue weighted by atomic mass is 9.89. The van der Waals surface area contributed by atoms with Gasteiger partial charge < -0.3 is 14.9 Å². The summed E-state index contributed by atoms with van der Waals surface area (Å²) in [7, 11) is 0. The monoisotopic (exact) mass is 362 g/mol. The van der Waals surface area contributed by atoms with Crippen molar-refractivity contribution < 1.29 is 18.8 Å². The van der Waals surface area contributed by atoms with Gasteiger partial charge in [-0.05, 0) is 36.5 Å². The fourth-order valence-electron chi connectivity index (χ4n) is 3.47. The SMILES string of the molecule is CC(C)C1CC(C(=O)NCC2CC(Cc3cccc(F)c3)=NO2)CCO1. The molecular weight excluding hydrogens is 335 g/mol. The molecule has 2 aliphatic heterocycles. The van der Waals surface area contributed by atoms with Crippen LogP contribution in [0.2, 0.25) is 0 Å². The van der Waals surface area contributed by atoms with E-state index in [4.69, 9.17) is 9.57 Å². The molecule has 6 heteroatoms. The Kier molecular flexibility index (Phi) is 6.25. The van der Waals surface area contributed by atoms with Gasteiger partial charge in [-0.1, -0.05) is 31.1 Å². The zero-order valence-corrected chi connectivity index (χ0v) is 15.4. The Balaban J connectivity index is 1.41. The van der Waals surface area contributed by atoms with E-state index < -0.39 is 0 Å². The zero-order valence-electron chi connectivity index (χ0n) is 15.4. The lowest BCUT2D eigenvalue weighted by Crippen LogP contribution is -2.41. The first-order valence-electron chi connectivity index (χ1n) is 9.36. The summed E-state index contributed by atoms with van der Waals surface area (Å²) in [5, 5.41) is 7.09. The molecule has 2 aliphatic rings. The normalized spacial score (nSPS) is 25.7. The van der Waals surface area contributed by atoms with Crippen molar-refractivity contribution in [3.63, 3.8) is 0 Å². The number of nitrogens with zero attached hydrogens (tertiary/aromatic N) is 1. The Hall–Kier alpha value is -1.95. The van der Waals surface area contributed by atoms with E-state index in [1.54, 1.807) is 6.07 Å². The molecule has 1 aromatic rings. The van der Waals surface area contributed by atoms with Crippen molar-refractivity contribution >= 4 is 11.6 Å². The van der Waals surface area contributed by atoms with Gasteiger partial charge >= 0.3 is 0 Å². The summed E-state index contributed by atoms with van der Waals surface area (Å²) in [5.74, 6) is 0.246. The van der Waals surface area contributed by atoms with Crippen LogP contribution in [0.5, 0.6) is 0 Å². The minimum atomic E-state index is -0.248. The molecular formula is C20H27FN2O3. The van der Waals surface area contributed by atoms with Crippen molar-refractivity contribution in [1.29, 1.82) is 0 Å². The van der Waals surface area contributed by atoms with Crippen LogP contribution < -0.4 is 5.32 Å². The van der Waals surface area contributed by atoms with Crippen LogP contribution in [0.4, 0.5) is 4.39 Å². The van der Waals surface area contributed by atoms with E-state index in [-0.39, 0.29) is 29.9 Å². The van der Waals surface area contributed by atoms with E-state index in [2.05, 4.69) is 24.3 Å². The van der Waals surface area contributed by atoms with E-state index in [0.29, 0.717) is 31.9 Å². The number of amides is 1. The highest BCUT2D eigenvalue weighted by Crippen LogP contribution is 2.25. The number of carbonyl (C=O) groups is 1. The van der Waals surface area contributed by atoms with Gasteiger partial charge in [-0.2, -0.15) is 0 Å². The minimum absolute atomic E-state index is 0.00485. The molecule has 3 unspecified atom stereocenters. The van der Waals surface area contributed by atoms with Crippen LogP contribution in [-0.2, 0) is 20.8 Å². The number of ether oxygens (including phenoxy) is 1. The van der Waals surface area contributed by atoms with Crippen LogP contribution in [0.1, 0.15) is 38.7 Å². The van der Waals surface area contributed by atoms with Crippen molar-refractivity contribution in [3.05, 3.63) is 35.6 Å². The summed E-state index contributed by atoms with van der Waals surface area (Å²) < 4.78 is 19.0. The third kappa shape index (κ3) is 5.04. The van der Waals surface area contributed by atoms with Gasteiger partial charge in [0.25, 0.3) is 0 Å². The van der Waals surface area contributed by atoms with E-state index in [9.17, 15) is 9.18 Å². The molecule has 5 nitrogen and oxygen atoms in total. The highest BCUT2D eigenvalue weighted by atomic mass is 19.1. The Morgan fingerprint density at radius 2 is 2.27 bits per heavy atom. The molecule has 0 radical (unpaired) electrons. The molecule has 1 amide bonds. The number of nitrogens with one attached hydrogen (secondary N) is 1. The lowest BCUT2D eigenvalue weighted by Gasteiger charge is -2.31. The molecule has 26 heavy (non-hydrogen) atoms. The van der Waals surface area contributed by atoms with Gasteiger partial charge in [0, 0.05) is 25.4 Å². The quantitative estimate of drug-likeness (QED) is 0.846. The van der Waals surface area contributed by atoms with Crippen LogP contribution in [-0.4, -0.2) is 37.0 Å². The molecule has 142 valence electrons. The second-order valence-electron chi connectivity index (χ2n) is 7.52. The van der Waals surface area contributed by atoms with Crippen LogP contribution >= 0.6 is 0 Å². The highest BCUT2D eigenvalue weighted by molar-refractivity contribution is 5.87. The highest BCUT2D eigenvalue weighted by Gasteiger charge is 2.30. The van der Waals surface area contributed by atoms with Crippen molar-refractivity contribution in [3.8, 4) is 0 Å². The second-order valence-corrected chi connectivity index (χ2v) is 7.52. The average molecular weight is 362 g/mol.